The van der Waals surface area contributed by atoms with Gasteiger partial charge in [-0.05, 0) is 11.4 Å². The molecule has 0 radical (unpaired) electrons. The second kappa shape index (κ2) is 4.08. The molecule has 4 nitrogen and oxygen atoms in total. The summed E-state index contributed by atoms with van der Waals surface area (Å²) in [4.78, 5) is 10.9. The van der Waals surface area contributed by atoms with Crippen LogP contribution in [0.15, 0.2) is 17.5 Å². The maximum Gasteiger partial charge on any atom is 0.404 e. The molecule has 1 aromatic rings. The molecule has 5 heteroatoms. The number of aliphatic hydroxyl groups excluding tert-OH is 1. The highest BCUT2D eigenvalue weighted by Gasteiger charge is 2.09. The molecule has 1 rings (SSSR count). The van der Waals surface area contributed by atoms with Gasteiger partial charge >= 0.3 is 6.09 Å². The van der Waals surface area contributed by atoms with Gasteiger partial charge in [0.05, 0.1) is 0 Å². The lowest BCUT2D eigenvalue weighted by molar-refractivity contribution is 0.0749. The lowest BCUT2D eigenvalue weighted by Crippen LogP contribution is -2.17. The zero-order chi connectivity index (χ0) is 8.97. The molecule has 1 heterocycles. The molecule has 0 aliphatic rings. The van der Waals surface area contributed by atoms with Crippen LogP contribution in [0.4, 0.5) is 4.79 Å². The van der Waals surface area contributed by atoms with E-state index in [0.29, 0.717) is 0 Å². The molecule has 1 atom stereocenters. The molecule has 0 spiro atoms. The fourth-order valence-electron chi connectivity index (χ4n) is 0.724. The first-order chi connectivity index (χ1) is 5.70. The number of rotatable bonds is 3. The Labute approximate surface area is 73.6 Å². The lowest BCUT2D eigenvalue weighted by atomic mass is 10.3. The van der Waals surface area contributed by atoms with Crippen molar-refractivity contribution in [3.8, 4) is 0 Å². The zero-order valence-electron chi connectivity index (χ0n) is 6.27. The maximum atomic E-state index is 10.2. The SMILES string of the molecule is NC(=O)OCC(O)c1cccs1. The average molecular weight is 187 g/mol. The summed E-state index contributed by atoms with van der Waals surface area (Å²) >= 11 is 1.40. The smallest absolute Gasteiger partial charge is 0.404 e. The van der Waals surface area contributed by atoms with Crippen molar-refractivity contribution in [2.45, 2.75) is 6.10 Å². The summed E-state index contributed by atoms with van der Waals surface area (Å²) in [5.74, 6) is 0. The van der Waals surface area contributed by atoms with Crippen LogP contribution in [0.2, 0.25) is 0 Å². The van der Waals surface area contributed by atoms with Crippen LogP contribution in [-0.4, -0.2) is 17.8 Å². The Balaban J connectivity index is 2.39. The molecule has 1 aromatic heterocycles. The van der Waals surface area contributed by atoms with Gasteiger partial charge in [-0.2, -0.15) is 0 Å². The highest BCUT2D eigenvalue weighted by molar-refractivity contribution is 7.10. The highest BCUT2D eigenvalue weighted by atomic mass is 32.1. The Morgan fingerprint density at radius 3 is 3.08 bits per heavy atom. The molecule has 0 aliphatic carbocycles. The molecule has 12 heavy (non-hydrogen) atoms. The largest absolute Gasteiger partial charge is 0.447 e. The van der Waals surface area contributed by atoms with Gasteiger partial charge in [-0.25, -0.2) is 4.79 Å². The predicted octanol–water partition coefficient (Wildman–Crippen LogP) is 0.877. The first-order valence-electron chi connectivity index (χ1n) is 3.34. The number of ether oxygens (including phenoxy) is 1. The molecule has 1 unspecified atom stereocenters. The van der Waals surface area contributed by atoms with Gasteiger partial charge in [-0.3, -0.25) is 0 Å². The Morgan fingerprint density at radius 2 is 2.58 bits per heavy atom. The van der Waals surface area contributed by atoms with E-state index in [1.165, 1.54) is 11.3 Å². The van der Waals surface area contributed by atoms with Crippen LogP contribution in [0.5, 0.6) is 0 Å². The van der Waals surface area contributed by atoms with E-state index in [0.717, 1.165) is 4.88 Å². The van der Waals surface area contributed by atoms with Gasteiger partial charge in [0.25, 0.3) is 0 Å². The fraction of sp³-hybridized carbons (Fsp3) is 0.286. The van der Waals surface area contributed by atoms with E-state index in [1.807, 2.05) is 11.4 Å². The number of thiophene rings is 1. The van der Waals surface area contributed by atoms with Gasteiger partial charge < -0.3 is 15.6 Å². The van der Waals surface area contributed by atoms with E-state index in [2.05, 4.69) is 4.74 Å². The third-order valence-corrected chi connectivity index (χ3v) is 2.23. The summed E-state index contributed by atoms with van der Waals surface area (Å²) in [7, 11) is 0. The Morgan fingerprint density at radius 1 is 1.83 bits per heavy atom. The van der Waals surface area contributed by atoms with Gasteiger partial charge in [0.1, 0.15) is 12.7 Å². The number of primary amides is 1. The van der Waals surface area contributed by atoms with Crippen molar-refractivity contribution in [3.63, 3.8) is 0 Å². The third-order valence-electron chi connectivity index (χ3n) is 1.26. The van der Waals surface area contributed by atoms with Crippen molar-refractivity contribution in [2.75, 3.05) is 6.61 Å². The summed E-state index contributed by atoms with van der Waals surface area (Å²) in [6, 6.07) is 3.58. The second-order valence-electron chi connectivity index (χ2n) is 2.16. The molecule has 1 amide bonds. The molecule has 0 aromatic carbocycles. The van der Waals surface area contributed by atoms with Crippen LogP contribution in [-0.2, 0) is 4.74 Å². The number of nitrogens with two attached hydrogens (primary N) is 1. The zero-order valence-corrected chi connectivity index (χ0v) is 7.08. The van der Waals surface area contributed by atoms with Crippen LogP contribution in [0, 0.1) is 0 Å². The Bertz CT molecular complexity index is 247. The van der Waals surface area contributed by atoms with Gasteiger partial charge in [0.15, 0.2) is 0 Å². The minimum Gasteiger partial charge on any atom is -0.447 e. The Kier molecular flexibility index (Phi) is 3.07. The topological polar surface area (TPSA) is 72.6 Å². The van der Waals surface area contributed by atoms with Crippen LogP contribution < -0.4 is 5.73 Å². The van der Waals surface area contributed by atoms with Crippen LogP contribution in [0.3, 0.4) is 0 Å². The first-order valence-corrected chi connectivity index (χ1v) is 4.22. The molecule has 66 valence electrons. The molecule has 3 N–H and O–H groups in total. The summed E-state index contributed by atoms with van der Waals surface area (Å²) in [6.45, 7) is -0.0875. The van der Waals surface area contributed by atoms with E-state index in [9.17, 15) is 9.90 Å². The van der Waals surface area contributed by atoms with Crippen molar-refractivity contribution in [3.05, 3.63) is 22.4 Å². The standard InChI is InChI=1S/C7H9NO3S/c8-7(10)11-4-5(9)6-2-1-3-12-6/h1-3,5,9H,4H2,(H2,8,10). The van der Waals surface area contributed by atoms with Crippen LogP contribution >= 0.6 is 11.3 Å². The summed E-state index contributed by atoms with van der Waals surface area (Å²) in [6.07, 6.45) is -1.64. The van der Waals surface area contributed by atoms with E-state index in [4.69, 9.17) is 5.73 Å². The predicted molar refractivity (Wildman–Crippen MR) is 44.8 cm³/mol. The van der Waals surface area contributed by atoms with Gasteiger partial charge in [0, 0.05) is 4.88 Å². The van der Waals surface area contributed by atoms with Crippen molar-refractivity contribution in [1.82, 2.24) is 0 Å². The fourth-order valence-corrected chi connectivity index (χ4v) is 1.42. The minimum absolute atomic E-state index is 0.0875. The number of carbonyl (C=O) groups excluding carboxylic acids is 1. The number of hydrogen-bond donors (Lipinski definition) is 2. The number of carbonyl (C=O) groups is 1. The monoisotopic (exact) mass is 187 g/mol. The molecule has 0 aliphatic heterocycles. The van der Waals surface area contributed by atoms with Crippen molar-refractivity contribution >= 4 is 17.4 Å². The molecule has 0 saturated carbocycles. The van der Waals surface area contributed by atoms with Gasteiger partial charge in [0.2, 0.25) is 0 Å². The molecule has 0 saturated heterocycles. The van der Waals surface area contributed by atoms with Crippen LogP contribution in [0.25, 0.3) is 0 Å². The normalized spacial score (nSPS) is 12.4. The molecule has 0 bridgehead atoms. The quantitative estimate of drug-likeness (QED) is 0.737. The summed E-state index contributed by atoms with van der Waals surface area (Å²) in [5.41, 5.74) is 4.73. The van der Waals surface area contributed by atoms with Crippen molar-refractivity contribution < 1.29 is 14.6 Å². The number of hydrogen-bond acceptors (Lipinski definition) is 4. The van der Waals surface area contributed by atoms with Gasteiger partial charge in [-0.15, -0.1) is 11.3 Å². The third kappa shape index (κ3) is 2.52. The highest BCUT2D eigenvalue weighted by Crippen LogP contribution is 2.18. The summed E-state index contributed by atoms with van der Waals surface area (Å²) in [5, 5.41) is 11.2. The lowest BCUT2D eigenvalue weighted by Gasteiger charge is -2.06. The van der Waals surface area contributed by atoms with Crippen molar-refractivity contribution in [1.29, 1.82) is 0 Å². The van der Waals surface area contributed by atoms with E-state index >= 15 is 0 Å². The first kappa shape index (κ1) is 9.02. The maximum absolute atomic E-state index is 10.2. The average Bonchev–Trinajstić information content (AvgIpc) is 2.51. The minimum atomic E-state index is -0.870. The summed E-state index contributed by atoms with van der Waals surface area (Å²) < 4.78 is 4.42. The molecular formula is C7H9NO3S. The van der Waals surface area contributed by atoms with E-state index in [-0.39, 0.29) is 6.61 Å². The van der Waals surface area contributed by atoms with E-state index in [1.54, 1.807) is 6.07 Å². The van der Waals surface area contributed by atoms with Gasteiger partial charge in [-0.1, -0.05) is 6.07 Å². The second-order valence-corrected chi connectivity index (χ2v) is 3.14. The van der Waals surface area contributed by atoms with Crippen molar-refractivity contribution in [2.24, 2.45) is 5.73 Å². The van der Waals surface area contributed by atoms with E-state index < -0.39 is 12.2 Å². The molecular weight excluding hydrogens is 178 g/mol. The molecule has 0 fully saturated rings. The number of aliphatic hydroxyl groups is 1. The van der Waals surface area contributed by atoms with Crippen LogP contribution in [0.1, 0.15) is 11.0 Å². The number of amides is 1. The Hall–Kier alpha value is -1.07.